The van der Waals surface area contributed by atoms with E-state index in [-0.39, 0.29) is 12.1 Å². The number of hydrogen-bond donors (Lipinski definition) is 0. The third kappa shape index (κ3) is 5.44. The van der Waals surface area contributed by atoms with Crippen LogP contribution in [0, 0.1) is 17.8 Å². The maximum atomic E-state index is 12.6. The highest BCUT2D eigenvalue weighted by Crippen LogP contribution is 2.44. The molecule has 3 heteroatoms. The molecule has 0 bridgehead atoms. The van der Waals surface area contributed by atoms with E-state index in [0.717, 1.165) is 41.9 Å². The minimum Gasteiger partial charge on any atom is -0.489 e. The van der Waals surface area contributed by atoms with Crippen LogP contribution in [0.2, 0.25) is 0 Å². The zero-order chi connectivity index (χ0) is 20.8. The van der Waals surface area contributed by atoms with Crippen LogP contribution in [0.1, 0.15) is 74.2 Å². The first-order valence-corrected chi connectivity index (χ1v) is 11.7. The van der Waals surface area contributed by atoms with Gasteiger partial charge in [0.05, 0.1) is 5.56 Å². The SMILES string of the molecule is CCC[C@@H]1CC[C@@H]2C[C@H](OC(=O)c3ccc(OCc4ccccc4)cc3)CC[C@@H]2C1. The van der Waals surface area contributed by atoms with Crippen molar-refractivity contribution in [3.63, 3.8) is 0 Å². The number of carbonyl (C=O) groups is 1. The summed E-state index contributed by atoms with van der Waals surface area (Å²) in [5, 5.41) is 0. The van der Waals surface area contributed by atoms with E-state index in [1.807, 2.05) is 54.6 Å². The molecule has 160 valence electrons. The van der Waals surface area contributed by atoms with Gasteiger partial charge >= 0.3 is 5.97 Å². The van der Waals surface area contributed by atoms with Crippen LogP contribution in [-0.2, 0) is 11.3 Å². The lowest BCUT2D eigenvalue weighted by atomic mass is 9.66. The first kappa shape index (κ1) is 21.0. The Morgan fingerprint density at radius 3 is 2.40 bits per heavy atom. The molecule has 2 saturated carbocycles. The molecule has 2 aromatic carbocycles. The average molecular weight is 407 g/mol. The Hall–Kier alpha value is -2.29. The molecule has 2 aromatic rings. The Bertz CT molecular complexity index is 799. The smallest absolute Gasteiger partial charge is 0.338 e. The molecule has 0 N–H and O–H groups in total. The third-order valence-electron chi connectivity index (χ3n) is 6.98. The van der Waals surface area contributed by atoms with Crippen molar-refractivity contribution in [3.8, 4) is 5.75 Å². The molecule has 0 unspecified atom stereocenters. The van der Waals surface area contributed by atoms with Crippen molar-refractivity contribution in [3.05, 3.63) is 65.7 Å². The predicted octanol–water partition coefficient (Wildman–Crippen LogP) is 6.81. The second-order valence-corrected chi connectivity index (χ2v) is 9.13. The van der Waals surface area contributed by atoms with Gasteiger partial charge in [-0.25, -0.2) is 4.79 Å². The minimum absolute atomic E-state index is 0.0792. The van der Waals surface area contributed by atoms with Gasteiger partial charge in [-0.05, 0) is 79.7 Å². The number of carbonyl (C=O) groups excluding carboxylic acids is 1. The van der Waals surface area contributed by atoms with Crippen LogP contribution in [0.15, 0.2) is 54.6 Å². The maximum absolute atomic E-state index is 12.6. The van der Waals surface area contributed by atoms with Gasteiger partial charge < -0.3 is 9.47 Å². The second kappa shape index (κ2) is 10.1. The average Bonchev–Trinajstić information content (AvgIpc) is 2.79. The lowest BCUT2D eigenvalue weighted by Crippen LogP contribution is -2.35. The molecule has 0 saturated heterocycles. The zero-order valence-corrected chi connectivity index (χ0v) is 18.1. The van der Waals surface area contributed by atoms with Gasteiger partial charge in [-0.3, -0.25) is 0 Å². The topological polar surface area (TPSA) is 35.5 Å². The molecular weight excluding hydrogens is 372 g/mol. The Balaban J connectivity index is 1.25. The maximum Gasteiger partial charge on any atom is 0.338 e. The minimum atomic E-state index is -0.201. The molecule has 0 radical (unpaired) electrons. The molecule has 0 aromatic heterocycles. The molecular formula is C27H34O3. The summed E-state index contributed by atoms with van der Waals surface area (Å²) in [5.74, 6) is 3.09. The van der Waals surface area contributed by atoms with Crippen LogP contribution in [0.4, 0.5) is 0 Å². The molecule has 0 spiro atoms. The van der Waals surface area contributed by atoms with Crippen LogP contribution in [-0.4, -0.2) is 12.1 Å². The number of esters is 1. The summed E-state index contributed by atoms with van der Waals surface area (Å²) in [6.45, 7) is 2.82. The van der Waals surface area contributed by atoms with E-state index in [4.69, 9.17) is 9.47 Å². The van der Waals surface area contributed by atoms with Crippen molar-refractivity contribution in [2.24, 2.45) is 17.8 Å². The summed E-state index contributed by atoms with van der Waals surface area (Å²) >= 11 is 0. The zero-order valence-electron chi connectivity index (χ0n) is 18.1. The van der Waals surface area contributed by atoms with Crippen molar-refractivity contribution in [2.75, 3.05) is 0 Å². The summed E-state index contributed by atoms with van der Waals surface area (Å²) < 4.78 is 11.7. The summed E-state index contributed by atoms with van der Waals surface area (Å²) in [7, 11) is 0. The van der Waals surface area contributed by atoms with Gasteiger partial charge in [0.25, 0.3) is 0 Å². The lowest BCUT2D eigenvalue weighted by molar-refractivity contribution is -0.00620. The second-order valence-electron chi connectivity index (χ2n) is 9.13. The van der Waals surface area contributed by atoms with E-state index in [2.05, 4.69) is 6.92 Å². The predicted molar refractivity (Wildman–Crippen MR) is 119 cm³/mol. The van der Waals surface area contributed by atoms with Gasteiger partial charge in [0, 0.05) is 0 Å². The molecule has 30 heavy (non-hydrogen) atoms. The van der Waals surface area contributed by atoms with Crippen molar-refractivity contribution < 1.29 is 14.3 Å². The normalized spacial score (nSPS) is 25.9. The van der Waals surface area contributed by atoms with Crippen LogP contribution in [0.25, 0.3) is 0 Å². The summed E-state index contributed by atoms with van der Waals surface area (Å²) in [4.78, 5) is 12.6. The van der Waals surface area contributed by atoms with Crippen molar-refractivity contribution >= 4 is 5.97 Å². The molecule has 3 nitrogen and oxygen atoms in total. The summed E-state index contributed by atoms with van der Waals surface area (Å²) in [6, 6.07) is 17.4. The van der Waals surface area contributed by atoms with Crippen LogP contribution < -0.4 is 4.74 Å². The van der Waals surface area contributed by atoms with Gasteiger partial charge in [0.1, 0.15) is 18.5 Å². The van der Waals surface area contributed by atoms with E-state index in [1.54, 1.807) is 0 Å². The molecule has 2 aliphatic carbocycles. The van der Waals surface area contributed by atoms with Crippen LogP contribution in [0.5, 0.6) is 5.75 Å². The van der Waals surface area contributed by atoms with Crippen molar-refractivity contribution in [2.45, 2.75) is 71.0 Å². The molecule has 0 heterocycles. The fourth-order valence-electron chi connectivity index (χ4n) is 5.37. The first-order chi connectivity index (χ1) is 14.7. The quantitative estimate of drug-likeness (QED) is 0.474. The third-order valence-corrected chi connectivity index (χ3v) is 6.98. The molecule has 4 rings (SSSR count). The lowest BCUT2D eigenvalue weighted by Gasteiger charge is -2.41. The van der Waals surface area contributed by atoms with Gasteiger partial charge in [-0.2, -0.15) is 0 Å². The molecule has 0 amide bonds. The molecule has 0 aliphatic heterocycles. The highest BCUT2D eigenvalue weighted by molar-refractivity contribution is 5.89. The Morgan fingerprint density at radius 1 is 0.900 bits per heavy atom. The summed E-state index contributed by atoms with van der Waals surface area (Å²) in [5.41, 5.74) is 1.73. The van der Waals surface area contributed by atoms with Crippen molar-refractivity contribution in [1.29, 1.82) is 0 Å². The van der Waals surface area contributed by atoms with Gasteiger partial charge in [-0.1, -0.05) is 56.5 Å². The summed E-state index contributed by atoms with van der Waals surface area (Å²) in [6.07, 6.45) is 10.1. The van der Waals surface area contributed by atoms with Gasteiger partial charge in [0.2, 0.25) is 0 Å². The first-order valence-electron chi connectivity index (χ1n) is 11.7. The van der Waals surface area contributed by atoms with E-state index < -0.39 is 0 Å². The number of ether oxygens (including phenoxy) is 2. The fraction of sp³-hybridized carbons (Fsp3) is 0.519. The monoisotopic (exact) mass is 406 g/mol. The van der Waals surface area contributed by atoms with Crippen LogP contribution >= 0.6 is 0 Å². The largest absolute Gasteiger partial charge is 0.489 e. The highest BCUT2D eigenvalue weighted by Gasteiger charge is 2.36. The van der Waals surface area contributed by atoms with E-state index in [0.29, 0.717) is 12.2 Å². The van der Waals surface area contributed by atoms with Crippen LogP contribution in [0.3, 0.4) is 0 Å². The number of rotatable bonds is 7. The van der Waals surface area contributed by atoms with Gasteiger partial charge in [0.15, 0.2) is 0 Å². The standard InChI is InChI=1S/C27H34O3/c1-2-6-20-9-10-24-18-26(16-13-23(24)17-20)30-27(28)22-11-14-25(15-12-22)29-19-21-7-4-3-5-8-21/h3-5,7-8,11-12,14-15,20,23-24,26H,2,6,9-10,13,16-19H2,1H3/t20-,23-,24-,26-/m1/s1. The Morgan fingerprint density at radius 2 is 1.63 bits per heavy atom. The van der Waals surface area contributed by atoms with E-state index in [9.17, 15) is 4.79 Å². The highest BCUT2D eigenvalue weighted by atomic mass is 16.5. The van der Waals surface area contributed by atoms with Gasteiger partial charge in [-0.15, -0.1) is 0 Å². The van der Waals surface area contributed by atoms with E-state index in [1.165, 1.54) is 38.5 Å². The van der Waals surface area contributed by atoms with Crippen molar-refractivity contribution in [1.82, 2.24) is 0 Å². The molecule has 2 fully saturated rings. The Kier molecular flexibility index (Phi) is 7.09. The number of benzene rings is 2. The fourth-order valence-corrected chi connectivity index (χ4v) is 5.37. The number of fused-ring (bicyclic) bond motifs is 1. The Labute approximate surface area is 180 Å². The molecule has 4 atom stereocenters. The number of hydrogen-bond acceptors (Lipinski definition) is 3. The van der Waals surface area contributed by atoms with E-state index >= 15 is 0 Å². The molecule has 2 aliphatic rings.